The maximum absolute atomic E-state index is 13.4. The number of rotatable bonds is 21. The van der Waals surface area contributed by atoms with Crippen molar-refractivity contribution in [1.82, 2.24) is 45.5 Å². The standard InChI is InChI=1S/C32H37BrN6O4.C24H29N5O4.C8H10BrNO/c1-4-27-25(29(37-24-11-13-43-14-12-24)26-19-36-39(5-2)30(26)38-27)18-35-32(41)21-8-6-7-20(15-21)31(40)34-17-22-16-23(33)9-10-28(22)42-3;1-3-20-18(13-25-23(30)15-6-5-7-16(12-15)24(31)32)21(27-17-8-10-33-11-9-17)19-14-26-29(4-2)22(19)28-20;1-11-8-3-2-7(9)4-6(8)5-10/h6-10,15-16,19,24H,4-5,11-14,17-18H2,1-3H3,(H,34,40)(H,35,41)(H,37,38);5-7,12,14,17H,3-4,8-11,13H2,1-2H3,(H,25,30)(H,27,28)(H,31,32);2-4H,5,10H2,1H3. The largest absolute Gasteiger partial charge is 0.496 e. The number of hydrogen-bond donors (Lipinski definition) is 7. The molecule has 8 N–H and O–H groups in total. The van der Waals surface area contributed by atoms with Crippen molar-refractivity contribution in [3.63, 3.8) is 0 Å². The number of aromatic carboxylic acids is 1. The molecule has 0 bridgehead atoms. The van der Waals surface area contributed by atoms with E-state index >= 15 is 0 Å². The number of carbonyl (C=O) groups is 4. The summed E-state index contributed by atoms with van der Waals surface area (Å²) in [5, 5.41) is 36.5. The molecule has 0 saturated carbocycles. The van der Waals surface area contributed by atoms with Crippen LogP contribution in [0, 0.1) is 0 Å². The van der Waals surface area contributed by atoms with E-state index in [0.717, 1.165) is 107 Å². The van der Waals surface area contributed by atoms with Crippen molar-refractivity contribution in [3.8, 4) is 11.5 Å². The second kappa shape index (κ2) is 31.6. The van der Waals surface area contributed by atoms with Crippen molar-refractivity contribution in [2.45, 2.75) is 118 Å². The van der Waals surface area contributed by atoms with Gasteiger partial charge in [-0.3, -0.25) is 14.4 Å². The number of fused-ring (bicyclic) bond motifs is 2. The molecule has 0 unspecified atom stereocenters. The fraction of sp³-hybridized carbons (Fsp3) is 0.375. The van der Waals surface area contributed by atoms with Gasteiger partial charge in [0.2, 0.25) is 0 Å². The molecule has 10 rings (SSSR count). The van der Waals surface area contributed by atoms with Crippen molar-refractivity contribution in [2.75, 3.05) is 51.3 Å². The van der Waals surface area contributed by atoms with E-state index in [9.17, 15) is 24.3 Å². The van der Waals surface area contributed by atoms with Gasteiger partial charge in [0, 0.05) is 137 Å². The van der Waals surface area contributed by atoms with Gasteiger partial charge in [-0.25, -0.2) is 24.1 Å². The zero-order valence-electron chi connectivity index (χ0n) is 49.9. The molecule has 2 saturated heterocycles. The number of carbonyl (C=O) groups excluding carboxylic acids is 3. The Morgan fingerprint density at radius 1 is 0.586 bits per heavy atom. The molecule has 0 spiro atoms. The van der Waals surface area contributed by atoms with E-state index < -0.39 is 5.97 Å². The van der Waals surface area contributed by atoms with Crippen LogP contribution in [0.1, 0.15) is 128 Å². The highest BCUT2D eigenvalue weighted by molar-refractivity contribution is 9.10. The predicted molar refractivity (Wildman–Crippen MR) is 343 cm³/mol. The molecule has 6 heterocycles. The third-order valence-corrected chi connectivity index (χ3v) is 16.1. The Hall–Kier alpha value is -7.96. The van der Waals surface area contributed by atoms with Crippen LogP contribution in [0.5, 0.6) is 11.5 Å². The van der Waals surface area contributed by atoms with E-state index in [4.69, 9.17) is 34.6 Å². The molecule has 2 fully saturated rings. The summed E-state index contributed by atoms with van der Waals surface area (Å²) in [6.45, 7) is 13.8. The van der Waals surface area contributed by atoms with Gasteiger partial charge in [-0.15, -0.1) is 0 Å². The van der Waals surface area contributed by atoms with Gasteiger partial charge in [0.25, 0.3) is 17.7 Å². The first-order valence-electron chi connectivity index (χ1n) is 29.3. The fourth-order valence-electron chi connectivity index (χ4n) is 10.4. The van der Waals surface area contributed by atoms with Gasteiger partial charge in [0.15, 0.2) is 11.3 Å². The number of carboxylic acid groups (broad SMARTS) is 1. The first-order valence-corrected chi connectivity index (χ1v) is 30.8. The Morgan fingerprint density at radius 3 is 1.39 bits per heavy atom. The molecule has 4 aromatic heterocycles. The first-order chi connectivity index (χ1) is 42.2. The number of nitrogens with two attached hydrogens (primary N) is 1. The van der Waals surface area contributed by atoms with E-state index in [-0.39, 0.29) is 55.0 Å². The molecule has 23 heteroatoms. The topological polar surface area (TPSA) is 273 Å². The van der Waals surface area contributed by atoms with Gasteiger partial charge in [-0.2, -0.15) is 10.2 Å². The molecule has 3 amide bonds. The Bertz CT molecular complexity index is 3690. The van der Waals surface area contributed by atoms with Gasteiger partial charge >= 0.3 is 5.97 Å². The van der Waals surface area contributed by atoms with Crippen molar-refractivity contribution >= 4 is 89.0 Å². The Labute approximate surface area is 523 Å². The van der Waals surface area contributed by atoms with Crippen LogP contribution < -0.4 is 41.8 Å². The third kappa shape index (κ3) is 16.6. The molecule has 0 atom stereocenters. The summed E-state index contributed by atoms with van der Waals surface area (Å²) in [6, 6.07) is 24.7. The monoisotopic (exact) mass is 1310 g/mol. The molecule has 2 aliphatic heterocycles. The Balaban J connectivity index is 0.000000196. The van der Waals surface area contributed by atoms with Crippen LogP contribution in [0.2, 0.25) is 0 Å². The predicted octanol–water partition coefficient (Wildman–Crippen LogP) is 10.4. The minimum atomic E-state index is -1.07. The highest BCUT2D eigenvalue weighted by Gasteiger charge is 2.25. The molecule has 460 valence electrons. The van der Waals surface area contributed by atoms with Crippen LogP contribution in [-0.2, 0) is 61.6 Å². The second-order valence-corrected chi connectivity index (χ2v) is 22.5. The van der Waals surface area contributed by atoms with Crippen molar-refractivity contribution in [1.29, 1.82) is 0 Å². The number of nitrogens with one attached hydrogen (secondary N) is 5. The van der Waals surface area contributed by atoms with Crippen LogP contribution in [0.3, 0.4) is 0 Å². The van der Waals surface area contributed by atoms with Gasteiger partial charge in [-0.05, 0) is 125 Å². The summed E-state index contributed by atoms with van der Waals surface area (Å²) in [5.41, 5.74) is 15.8. The lowest BCUT2D eigenvalue weighted by Gasteiger charge is -2.26. The number of nitrogens with zero attached hydrogens (tertiary/aromatic N) is 6. The number of aromatic nitrogens is 6. The van der Waals surface area contributed by atoms with Gasteiger partial charge in [-0.1, -0.05) is 57.8 Å². The van der Waals surface area contributed by atoms with E-state index in [1.165, 1.54) is 12.1 Å². The lowest BCUT2D eigenvalue weighted by molar-refractivity contribution is 0.0696. The van der Waals surface area contributed by atoms with Gasteiger partial charge in [0.1, 0.15) is 11.5 Å². The molecule has 0 aliphatic carbocycles. The van der Waals surface area contributed by atoms with Crippen molar-refractivity contribution < 1.29 is 43.2 Å². The molecular formula is C64H76Br2N12O9. The lowest BCUT2D eigenvalue weighted by Crippen LogP contribution is -2.30. The number of halogens is 2. The average molecular weight is 1320 g/mol. The number of carboxylic acids is 1. The summed E-state index contributed by atoms with van der Waals surface area (Å²) >= 11 is 6.81. The number of amides is 3. The van der Waals surface area contributed by atoms with Crippen LogP contribution >= 0.6 is 31.9 Å². The summed E-state index contributed by atoms with van der Waals surface area (Å²) in [5.74, 6) is -0.425. The molecule has 0 radical (unpaired) electrons. The molecule has 4 aromatic carbocycles. The zero-order valence-corrected chi connectivity index (χ0v) is 53.1. The van der Waals surface area contributed by atoms with Crippen molar-refractivity contribution in [2.24, 2.45) is 5.73 Å². The quantitative estimate of drug-likeness (QED) is 0.0352. The fourth-order valence-corrected chi connectivity index (χ4v) is 11.2. The lowest BCUT2D eigenvalue weighted by atomic mass is 10.0. The van der Waals surface area contributed by atoms with Gasteiger partial charge < -0.3 is 56.4 Å². The number of methoxy groups -OCH3 is 2. The van der Waals surface area contributed by atoms with Crippen LogP contribution in [-0.4, -0.2) is 111 Å². The van der Waals surface area contributed by atoms with Crippen LogP contribution in [0.15, 0.2) is 106 Å². The summed E-state index contributed by atoms with van der Waals surface area (Å²) in [6.07, 6.45) is 8.70. The maximum atomic E-state index is 13.4. The minimum absolute atomic E-state index is 0.0776. The number of anilines is 2. The van der Waals surface area contributed by atoms with Crippen LogP contribution in [0.4, 0.5) is 11.4 Å². The summed E-state index contributed by atoms with van der Waals surface area (Å²) in [4.78, 5) is 60.3. The highest BCUT2D eigenvalue weighted by Crippen LogP contribution is 2.34. The van der Waals surface area contributed by atoms with Crippen LogP contribution in [0.25, 0.3) is 22.1 Å². The zero-order chi connectivity index (χ0) is 62.0. The molecule has 8 aromatic rings. The maximum Gasteiger partial charge on any atom is 0.335 e. The number of benzene rings is 4. The number of ether oxygens (including phenoxy) is 4. The summed E-state index contributed by atoms with van der Waals surface area (Å²) in [7, 11) is 3.23. The SMILES string of the molecule is CCc1nc2c(cnn2CC)c(NC2CCOCC2)c1CNC(=O)c1cccc(C(=O)NCc2cc(Br)ccc2OC)c1.CCc1nc2c(cnn2CC)c(NC2CCOCC2)c1CNC(=O)c1cccc(C(=O)O)c1.COc1ccc(Br)cc1CN. The normalized spacial score (nSPS) is 13.4. The van der Waals surface area contributed by atoms with E-state index in [2.05, 4.69) is 75.6 Å². The number of aryl methyl sites for hydroxylation is 4. The minimum Gasteiger partial charge on any atom is -0.496 e. The molecular weight excluding hydrogens is 1240 g/mol. The second-order valence-electron chi connectivity index (χ2n) is 20.6. The first kappa shape index (κ1) is 65.0. The van der Waals surface area contributed by atoms with Crippen molar-refractivity contribution in [3.05, 3.63) is 162 Å². The van der Waals surface area contributed by atoms with E-state index in [0.29, 0.717) is 81.3 Å². The third-order valence-electron chi connectivity index (χ3n) is 15.1. The Kier molecular flexibility index (Phi) is 23.6. The number of hydrogen-bond acceptors (Lipinski definition) is 15. The molecule has 2 aliphatic rings. The number of pyridine rings is 2. The molecule has 21 nitrogen and oxygen atoms in total. The summed E-state index contributed by atoms with van der Waals surface area (Å²) < 4.78 is 27.3. The van der Waals surface area contributed by atoms with E-state index in [1.54, 1.807) is 50.6 Å². The van der Waals surface area contributed by atoms with Gasteiger partial charge in [0.05, 0.1) is 54.3 Å². The average Bonchev–Trinajstić information content (AvgIpc) is 1.87. The van der Waals surface area contributed by atoms with E-state index in [1.807, 2.05) is 78.9 Å². The Morgan fingerprint density at radius 2 is 0.989 bits per heavy atom. The smallest absolute Gasteiger partial charge is 0.335 e. The highest BCUT2D eigenvalue weighted by atomic mass is 79.9. The molecule has 87 heavy (non-hydrogen) atoms.